The maximum atomic E-state index is 5.98. The molecule has 2 aliphatic heterocycles. The van der Waals surface area contributed by atoms with Crippen molar-refractivity contribution < 1.29 is 28.4 Å². The van der Waals surface area contributed by atoms with Gasteiger partial charge in [-0.05, 0) is 57.8 Å². The average molecular weight is 358 g/mol. The van der Waals surface area contributed by atoms with Crippen LogP contribution in [-0.2, 0) is 28.4 Å². The highest BCUT2D eigenvalue weighted by molar-refractivity contribution is 4.79. The summed E-state index contributed by atoms with van der Waals surface area (Å²) in [6, 6.07) is 0. The first kappa shape index (κ1) is 19.5. The molecule has 25 heavy (non-hydrogen) atoms. The van der Waals surface area contributed by atoms with Crippen molar-refractivity contribution in [3.8, 4) is 0 Å². The van der Waals surface area contributed by atoms with E-state index in [9.17, 15) is 0 Å². The zero-order valence-electron chi connectivity index (χ0n) is 15.4. The van der Waals surface area contributed by atoms with Crippen LogP contribution in [0.25, 0.3) is 0 Å². The van der Waals surface area contributed by atoms with Gasteiger partial charge in [-0.2, -0.15) is 0 Å². The summed E-state index contributed by atoms with van der Waals surface area (Å²) in [6.07, 6.45) is 10.3. The van der Waals surface area contributed by atoms with Gasteiger partial charge in [-0.3, -0.25) is 0 Å². The van der Waals surface area contributed by atoms with Gasteiger partial charge in [-0.15, -0.1) is 0 Å². The van der Waals surface area contributed by atoms with Crippen LogP contribution in [0.1, 0.15) is 57.8 Å². The quantitative estimate of drug-likeness (QED) is 0.560. The van der Waals surface area contributed by atoms with Crippen molar-refractivity contribution in [2.75, 3.05) is 39.6 Å². The average Bonchev–Trinajstić information content (AvgIpc) is 3.11. The molecular formula is C19H34O6. The van der Waals surface area contributed by atoms with E-state index in [4.69, 9.17) is 28.4 Å². The highest BCUT2D eigenvalue weighted by Crippen LogP contribution is 2.25. The lowest BCUT2D eigenvalue weighted by molar-refractivity contribution is -0.180. The maximum absolute atomic E-state index is 5.98. The molecule has 0 aromatic heterocycles. The molecule has 0 bridgehead atoms. The molecule has 1 saturated carbocycles. The van der Waals surface area contributed by atoms with Crippen LogP contribution in [0.5, 0.6) is 0 Å². The maximum Gasteiger partial charge on any atom is 0.157 e. The van der Waals surface area contributed by atoms with Crippen LogP contribution in [-0.4, -0.2) is 64.4 Å². The SMILES string of the molecule is C1CCC(OCCO[C@H]2CCC[C@H]2OCCOC2CCCCO2)OC1. The minimum Gasteiger partial charge on any atom is -0.373 e. The molecule has 0 spiro atoms. The van der Waals surface area contributed by atoms with E-state index in [1.54, 1.807) is 0 Å². The molecule has 3 aliphatic rings. The molecule has 146 valence electrons. The highest BCUT2D eigenvalue weighted by atomic mass is 16.7. The third-order valence-electron chi connectivity index (χ3n) is 5.11. The minimum atomic E-state index is -0.0351. The summed E-state index contributed by atoms with van der Waals surface area (Å²) < 4.78 is 34.5. The lowest BCUT2D eigenvalue weighted by atomic mass is 10.2. The van der Waals surface area contributed by atoms with Gasteiger partial charge in [0.2, 0.25) is 0 Å². The second-order valence-corrected chi connectivity index (χ2v) is 7.08. The van der Waals surface area contributed by atoms with Crippen LogP contribution < -0.4 is 0 Å². The Morgan fingerprint density at radius 1 is 0.520 bits per heavy atom. The molecule has 1 aliphatic carbocycles. The first-order chi connectivity index (χ1) is 12.4. The molecule has 4 atom stereocenters. The van der Waals surface area contributed by atoms with Gasteiger partial charge in [0, 0.05) is 13.2 Å². The Balaban J connectivity index is 1.22. The number of hydrogen-bond acceptors (Lipinski definition) is 6. The van der Waals surface area contributed by atoms with Crippen LogP contribution in [0.3, 0.4) is 0 Å². The lowest BCUT2D eigenvalue weighted by Crippen LogP contribution is -2.30. The van der Waals surface area contributed by atoms with E-state index in [0.29, 0.717) is 26.4 Å². The second-order valence-electron chi connectivity index (χ2n) is 7.08. The molecule has 0 aromatic rings. The van der Waals surface area contributed by atoms with Gasteiger partial charge >= 0.3 is 0 Å². The first-order valence-corrected chi connectivity index (χ1v) is 10.1. The molecule has 0 aromatic carbocycles. The van der Waals surface area contributed by atoms with Crippen molar-refractivity contribution in [1.82, 2.24) is 0 Å². The van der Waals surface area contributed by atoms with E-state index in [-0.39, 0.29) is 24.8 Å². The van der Waals surface area contributed by atoms with E-state index in [2.05, 4.69) is 0 Å². The molecular weight excluding hydrogens is 324 g/mol. The third kappa shape index (κ3) is 7.12. The van der Waals surface area contributed by atoms with Gasteiger partial charge in [0.1, 0.15) is 0 Å². The topological polar surface area (TPSA) is 55.4 Å². The fraction of sp³-hybridized carbons (Fsp3) is 1.00. The van der Waals surface area contributed by atoms with Gasteiger partial charge in [-0.1, -0.05) is 0 Å². The predicted molar refractivity (Wildman–Crippen MR) is 92.4 cm³/mol. The molecule has 2 unspecified atom stereocenters. The smallest absolute Gasteiger partial charge is 0.157 e. The summed E-state index contributed by atoms with van der Waals surface area (Å²) in [6.45, 7) is 4.04. The van der Waals surface area contributed by atoms with Crippen LogP contribution in [0, 0.1) is 0 Å². The lowest BCUT2D eigenvalue weighted by Gasteiger charge is -2.25. The Labute approximate surface area is 151 Å². The Hall–Kier alpha value is -0.240. The Bertz CT molecular complexity index is 309. The Morgan fingerprint density at radius 3 is 1.44 bits per heavy atom. The van der Waals surface area contributed by atoms with Crippen molar-refractivity contribution >= 4 is 0 Å². The van der Waals surface area contributed by atoms with E-state index in [1.807, 2.05) is 0 Å². The Morgan fingerprint density at radius 2 is 1.00 bits per heavy atom. The first-order valence-electron chi connectivity index (χ1n) is 10.1. The van der Waals surface area contributed by atoms with Crippen molar-refractivity contribution in [3.05, 3.63) is 0 Å². The van der Waals surface area contributed by atoms with Gasteiger partial charge in [0.25, 0.3) is 0 Å². The summed E-state index contributed by atoms with van der Waals surface area (Å²) in [5, 5.41) is 0. The van der Waals surface area contributed by atoms with E-state index in [1.165, 1.54) is 12.8 Å². The summed E-state index contributed by atoms with van der Waals surface area (Å²) in [5.41, 5.74) is 0. The zero-order chi connectivity index (χ0) is 17.2. The summed E-state index contributed by atoms with van der Waals surface area (Å²) in [5.74, 6) is 0. The molecule has 3 fully saturated rings. The zero-order valence-corrected chi connectivity index (χ0v) is 15.4. The third-order valence-corrected chi connectivity index (χ3v) is 5.11. The molecule has 0 N–H and O–H groups in total. The normalized spacial score (nSPS) is 33.6. The highest BCUT2D eigenvalue weighted by Gasteiger charge is 2.29. The Kier molecular flexibility index (Phi) is 8.95. The van der Waals surface area contributed by atoms with Crippen molar-refractivity contribution in [2.45, 2.75) is 82.6 Å². The summed E-state index contributed by atoms with van der Waals surface area (Å²) in [7, 11) is 0. The summed E-state index contributed by atoms with van der Waals surface area (Å²) >= 11 is 0. The van der Waals surface area contributed by atoms with Crippen LogP contribution >= 0.6 is 0 Å². The fourth-order valence-corrected chi connectivity index (χ4v) is 3.72. The van der Waals surface area contributed by atoms with Gasteiger partial charge in [0.05, 0.1) is 38.6 Å². The van der Waals surface area contributed by atoms with Gasteiger partial charge in [-0.25, -0.2) is 0 Å². The van der Waals surface area contributed by atoms with Crippen LogP contribution in [0.4, 0.5) is 0 Å². The van der Waals surface area contributed by atoms with Crippen LogP contribution in [0.15, 0.2) is 0 Å². The van der Waals surface area contributed by atoms with Crippen molar-refractivity contribution in [2.24, 2.45) is 0 Å². The van der Waals surface area contributed by atoms with Crippen LogP contribution in [0.2, 0.25) is 0 Å². The number of ether oxygens (including phenoxy) is 6. The summed E-state index contributed by atoms with van der Waals surface area (Å²) in [4.78, 5) is 0. The monoisotopic (exact) mass is 358 g/mol. The molecule has 0 amide bonds. The van der Waals surface area contributed by atoms with E-state index in [0.717, 1.165) is 58.2 Å². The van der Waals surface area contributed by atoms with E-state index >= 15 is 0 Å². The van der Waals surface area contributed by atoms with Crippen molar-refractivity contribution in [3.63, 3.8) is 0 Å². The standard InChI is InChI=1S/C19H34O6/c1-3-10-22-18(8-1)24-14-12-20-16-6-5-7-17(16)21-13-15-25-19-9-2-4-11-23-19/h16-19H,1-15H2/t16-,17+,18?,19?. The minimum absolute atomic E-state index is 0.0351. The van der Waals surface area contributed by atoms with Gasteiger partial charge < -0.3 is 28.4 Å². The molecule has 0 radical (unpaired) electrons. The molecule has 2 heterocycles. The number of hydrogen-bond donors (Lipinski definition) is 0. The molecule has 6 heteroatoms. The largest absolute Gasteiger partial charge is 0.373 e. The molecule has 2 saturated heterocycles. The molecule has 3 rings (SSSR count). The fourth-order valence-electron chi connectivity index (χ4n) is 3.72. The second kappa shape index (κ2) is 11.5. The van der Waals surface area contributed by atoms with Gasteiger partial charge in [0.15, 0.2) is 12.6 Å². The van der Waals surface area contributed by atoms with E-state index < -0.39 is 0 Å². The predicted octanol–water partition coefficient (Wildman–Crippen LogP) is 3.03. The number of rotatable bonds is 10. The molecule has 6 nitrogen and oxygen atoms in total. The van der Waals surface area contributed by atoms with Crippen molar-refractivity contribution in [1.29, 1.82) is 0 Å².